The molecule has 2 fully saturated rings. The second kappa shape index (κ2) is 10.0. The van der Waals surface area contributed by atoms with Gasteiger partial charge in [-0.15, -0.1) is 11.8 Å². The zero-order chi connectivity index (χ0) is 32.5. The quantitative estimate of drug-likeness (QED) is 0.182. The summed E-state index contributed by atoms with van der Waals surface area (Å²) in [6.45, 7) is 1.96. The van der Waals surface area contributed by atoms with Gasteiger partial charge in [0.1, 0.15) is 5.54 Å². The maximum atomic E-state index is 15.9. The van der Waals surface area contributed by atoms with Gasteiger partial charge in [0.15, 0.2) is 17.2 Å². The molecule has 0 amide bonds. The van der Waals surface area contributed by atoms with Gasteiger partial charge in [-0.1, -0.05) is 83.9 Å². The number of ketones is 2. The summed E-state index contributed by atoms with van der Waals surface area (Å²) in [5, 5.41) is 8.71. The smallest absolute Gasteiger partial charge is 0.189 e. The van der Waals surface area contributed by atoms with E-state index in [0.717, 1.165) is 55.8 Å². The molecule has 2 aliphatic carbocycles. The van der Waals surface area contributed by atoms with Crippen LogP contribution in [0.5, 0.6) is 0 Å². The van der Waals surface area contributed by atoms with Crippen molar-refractivity contribution in [3.05, 3.63) is 135 Å². The highest BCUT2D eigenvalue weighted by molar-refractivity contribution is 7.99. The fourth-order valence-corrected chi connectivity index (χ4v) is 11.5. The number of aryl methyl sites for hydroxylation is 2. The molecule has 0 radical (unpaired) electrons. The van der Waals surface area contributed by atoms with E-state index in [2.05, 4.69) is 23.1 Å². The first-order valence-electron chi connectivity index (χ1n) is 16.2. The molecule has 9 heteroatoms. The normalized spacial score (nSPS) is 26.0. The molecule has 2 saturated heterocycles. The molecule has 0 bridgehead atoms. The lowest BCUT2D eigenvalue weighted by molar-refractivity contribution is 0.0239. The van der Waals surface area contributed by atoms with E-state index < -0.39 is 11.0 Å². The first kappa shape index (κ1) is 29.0. The molecule has 2 aliphatic heterocycles. The predicted molar refractivity (Wildman–Crippen MR) is 191 cm³/mol. The molecule has 2 spiro atoms. The molecule has 6 nitrogen and oxygen atoms in total. The van der Waals surface area contributed by atoms with E-state index in [9.17, 15) is 0 Å². The number of halogens is 2. The van der Waals surface area contributed by atoms with Crippen molar-refractivity contribution in [1.82, 2.24) is 19.7 Å². The van der Waals surface area contributed by atoms with Crippen LogP contribution in [0.2, 0.25) is 10.0 Å². The Balaban J connectivity index is 1.28. The van der Waals surface area contributed by atoms with E-state index in [-0.39, 0.29) is 23.5 Å². The van der Waals surface area contributed by atoms with Gasteiger partial charge in [-0.3, -0.25) is 14.5 Å². The number of rotatable bonds is 2. The third-order valence-corrected chi connectivity index (χ3v) is 13.0. The van der Waals surface area contributed by atoms with Crippen molar-refractivity contribution in [3.8, 4) is 5.69 Å². The molecule has 4 heterocycles. The van der Waals surface area contributed by atoms with Gasteiger partial charge in [-0.05, 0) is 72.0 Å². The monoisotopic (exact) mass is 686 g/mol. The minimum atomic E-state index is -1.20. The van der Waals surface area contributed by atoms with Crippen LogP contribution in [0.4, 0.5) is 0 Å². The summed E-state index contributed by atoms with van der Waals surface area (Å²) in [6.07, 6.45) is 0.986. The molecular formula is C39H28Cl2N4O2S. The summed E-state index contributed by atoms with van der Waals surface area (Å²) in [5.41, 5.74) is 3.88. The summed E-state index contributed by atoms with van der Waals surface area (Å²) in [4.78, 5) is 38.9. The Kier molecular flexibility index (Phi) is 6.04. The maximum absolute atomic E-state index is 15.9. The van der Waals surface area contributed by atoms with E-state index in [4.69, 9.17) is 33.3 Å². The number of fused-ring (bicyclic) bond motifs is 6. The molecule has 4 atom stereocenters. The van der Waals surface area contributed by atoms with Crippen molar-refractivity contribution in [3.63, 3.8) is 0 Å². The fraction of sp³-hybridized carbons (Fsp3) is 0.231. The number of benzene rings is 4. The summed E-state index contributed by atoms with van der Waals surface area (Å²) < 4.78 is 1.86. The molecule has 4 aliphatic rings. The number of nitrogens with zero attached hydrogens (tertiary/aromatic N) is 4. The SMILES string of the molecule is Cc1nn(-c2ccccc2)c2nc3c(cc12)C(=O)[C@]1(CC3)[C@@H](c2ccc(Cl)cc2Cl)C2CSCN2[C@@]12C(=O)c1cccc3cccc2c13. The molecule has 48 heavy (non-hydrogen) atoms. The van der Waals surface area contributed by atoms with Crippen molar-refractivity contribution in [2.45, 2.75) is 37.3 Å². The Hall–Kier alpha value is -4.01. The van der Waals surface area contributed by atoms with Crippen LogP contribution in [-0.4, -0.2) is 48.9 Å². The number of pyridine rings is 1. The van der Waals surface area contributed by atoms with Crippen LogP contribution in [0.1, 0.15) is 55.6 Å². The van der Waals surface area contributed by atoms with Gasteiger partial charge in [-0.2, -0.15) is 5.10 Å². The molecule has 1 unspecified atom stereocenters. The molecule has 0 saturated carbocycles. The number of Topliss-reactive ketones (excluding diaryl/α,β-unsaturated/α-hetero) is 2. The van der Waals surface area contributed by atoms with Crippen molar-refractivity contribution in [1.29, 1.82) is 0 Å². The van der Waals surface area contributed by atoms with Crippen molar-refractivity contribution >= 4 is 68.3 Å². The van der Waals surface area contributed by atoms with Crippen molar-refractivity contribution in [2.24, 2.45) is 5.41 Å². The molecule has 4 aromatic carbocycles. The molecule has 10 rings (SSSR count). The Bertz CT molecular complexity index is 2410. The first-order chi connectivity index (χ1) is 23.4. The van der Waals surface area contributed by atoms with Gasteiger partial charge in [0.25, 0.3) is 0 Å². The average Bonchev–Trinajstić information content (AvgIpc) is 3.82. The predicted octanol–water partition coefficient (Wildman–Crippen LogP) is 8.57. The average molecular weight is 688 g/mol. The standard InChI is InChI=1S/C39H28Cl2N4O2S/c1-21-27-18-28-31(42-37(27)45(43-21)24-9-3-2-4-10-24)15-16-38(35(28)46)34(25-14-13-23(40)17-30(25)41)32-19-48-20-44(32)39(38)29-12-6-8-22-7-5-11-26(33(22)29)36(39)47/h2-14,17-18,32,34H,15-16,19-20H2,1H3/t32?,34-,38-,39-/m0/s1. The highest BCUT2D eigenvalue weighted by atomic mass is 35.5. The number of thioether (sulfide) groups is 1. The number of carbonyl (C=O) groups excluding carboxylic acids is 2. The summed E-state index contributed by atoms with van der Waals surface area (Å²) in [6, 6.07) is 29.6. The number of para-hydroxylation sites is 1. The Morgan fingerprint density at radius 2 is 1.71 bits per heavy atom. The lowest BCUT2D eigenvalue weighted by Crippen LogP contribution is -2.60. The topological polar surface area (TPSA) is 68.1 Å². The summed E-state index contributed by atoms with van der Waals surface area (Å²) in [5.74, 6) is 1.04. The first-order valence-corrected chi connectivity index (χ1v) is 18.1. The summed E-state index contributed by atoms with van der Waals surface area (Å²) in [7, 11) is 0. The van der Waals surface area contributed by atoms with E-state index in [1.807, 2.05) is 90.1 Å². The highest BCUT2D eigenvalue weighted by Gasteiger charge is 2.77. The number of hydrogen-bond donors (Lipinski definition) is 0. The highest BCUT2D eigenvalue weighted by Crippen LogP contribution is 2.71. The van der Waals surface area contributed by atoms with E-state index in [1.54, 1.807) is 6.07 Å². The third-order valence-electron chi connectivity index (χ3n) is 11.4. The second-order valence-electron chi connectivity index (χ2n) is 13.4. The Morgan fingerprint density at radius 1 is 0.896 bits per heavy atom. The van der Waals surface area contributed by atoms with Gasteiger partial charge in [-0.25, -0.2) is 9.67 Å². The molecule has 236 valence electrons. The molecule has 2 aromatic heterocycles. The lowest BCUT2D eigenvalue weighted by atomic mass is 9.52. The fourth-order valence-electron chi connectivity index (χ4n) is 9.66. The van der Waals surface area contributed by atoms with Gasteiger partial charge < -0.3 is 0 Å². The minimum Gasteiger partial charge on any atom is -0.293 e. The van der Waals surface area contributed by atoms with Gasteiger partial charge >= 0.3 is 0 Å². The second-order valence-corrected chi connectivity index (χ2v) is 15.3. The summed E-state index contributed by atoms with van der Waals surface area (Å²) >= 11 is 15.3. The zero-order valence-corrected chi connectivity index (χ0v) is 28.2. The van der Waals surface area contributed by atoms with E-state index >= 15 is 9.59 Å². The van der Waals surface area contributed by atoms with Crippen LogP contribution < -0.4 is 0 Å². The third kappa shape index (κ3) is 3.40. The largest absolute Gasteiger partial charge is 0.293 e. The van der Waals surface area contributed by atoms with Crippen LogP contribution in [0, 0.1) is 12.3 Å². The maximum Gasteiger partial charge on any atom is 0.189 e. The van der Waals surface area contributed by atoms with Crippen LogP contribution in [0.25, 0.3) is 27.5 Å². The molecule has 6 aromatic rings. The number of carbonyl (C=O) groups is 2. The minimum absolute atomic E-state index is 0.00769. The van der Waals surface area contributed by atoms with Gasteiger partial charge in [0.05, 0.1) is 22.5 Å². The molecular weight excluding hydrogens is 659 g/mol. The van der Waals surface area contributed by atoms with Gasteiger partial charge in [0, 0.05) is 50.1 Å². The Morgan fingerprint density at radius 3 is 2.52 bits per heavy atom. The van der Waals surface area contributed by atoms with E-state index in [0.29, 0.717) is 39.9 Å². The lowest BCUT2D eigenvalue weighted by Gasteiger charge is -2.49. The van der Waals surface area contributed by atoms with E-state index in [1.165, 1.54) is 0 Å². The molecule has 0 N–H and O–H groups in total. The number of hydrogen-bond acceptors (Lipinski definition) is 6. The number of aromatic nitrogens is 3. The van der Waals surface area contributed by atoms with Crippen LogP contribution in [0.15, 0.2) is 91.0 Å². The zero-order valence-electron chi connectivity index (χ0n) is 25.9. The van der Waals surface area contributed by atoms with Crippen molar-refractivity contribution in [2.75, 3.05) is 11.6 Å². The van der Waals surface area contributed by atoms with Crippen LogP contribution in [0.3, 0.4) is 0 Å². The Labute approximate surface area is 291 Å². The van der Waals surface area contributed by atoms with Crippen LogP contribution in [-0.2, 0) is 12.0 Å². The van der Waals surface area contributed by atoms with Gasteiger partial charge in [0.2, 0.25) is 0 Å². The van der Waals surface area contributed by atoms with Crippen LogP contribution >= 0.6 is 35.0 Å². The van der Waals surface area contributed by atoms with Crippen molar-refractivity contribution < 1.29 is 9.59 Å².